The van der Waals surface area contributed by atoms with Crippen LogP contribution in [0.25, 0.3) is 0 Å². The summed E-state index contributed by atoms with van der Waals surface area (Å²) in [5.41, 5.74) is 1.34. The van der Waals surface area contributed by atoms with E-state index in [1.807, 2.05) is 0 Å². The first-order chi connectivity index (χ1) is 6.35. The molecule has 0 aromatic carbocycles. The van der Waals surface area contributed by atoms with E-state index in [0.717, 1.165) is 45.4 Å². The third-order valence-electron chi connectivity index (χ3n) is 2.78. The van der Waals surface area contributed by atoms with Crippen LogP contribution >= 0.6 is 0 Å². The van der Waals surface area contributed by atoms with Crippen molar-refractivity contribution in [2.45, 2.75) is 38.4 Å². The van der Waals surface area contributed by atoms with E-state index >= 15 is 0 Å². The Morgan fingerprint density at radius 1 is 1.23 bits per heavy atom. The van der Waals surface area contributed by atoms with Gasteiger partial charge in [0.25, 0.3) is 0 Å². The Bertz CT molecular complexity index is 195. The summed E-state index contributed by atoms with van der Waals surface area (Å²) >= 11 is 0. The molecule has 0 amide bonds. The normalized spacial score (nSPS) is 26.7. The van der Waals surface area contributed by atoms with E-state index in [1.54, 1.807) is 0 Å². The molecule has 1 heterocycles. The lowest BCUT2D eigenvalue weighted by atomic mass is 9.92. The minimum absolute atomic E-state index is 0.229. The summed E-state index contributed by atoms with van der Waals surface area (Å²) in [5.74, 6) is -0.229. The molecule has 2 rings (SSSR count). The van der Waals surface area contributed by atoms with Crippen molar-refractivity contribution in [3.63, 3.8) is 0 Å². The van der Waals surface area contributed by atoms with E-state index in [-0.39, 0.29) is 5.79 Å². The maximum absolute atomic E-state index is 5.63. The third-order valence-corrected chi connectivity index (χ3v) is 2.78. The van der Waals surface area contributed by atoms with Crippen LogP contribution in [0.2, 0.25) is 0 Å². The molecule has 1 saturated carbocycles. The third kappa shape index (κ3) is 1.92. The number of hydrogen-bond donors (Lipinski definition) is 0. The molecular weight excluding hydrogens is 166 g/mol. The first-order valence-electron chi connectivity index (χ1n) is 5.15. The zero-order valence-corrected chi connectivity index (χ0v) is 8.21. The topological polar surface area (TPSA) is 30.8 Å². The summed E-state index contributed by atoms with van der Waals surface area (Å²) in [7, 11) is 0. The monoisotopic (exact) mass is 183 g/mol. The highest BCUT2D eigenvalue weighted by Gasteiger charge is 2.38. The molecule has 74 valence electrons. The van der Waals surface area contributed by atoms with Crippen molar-refractivity contribution in [3.8, 4) is 0 Å². The fourth-order valence-electron chi connectivity index (χ4n) is 2.09. The molecule has 0 atom stereocenters. The van der Waals surface area contributed by atoms with Gasteiger partial charge in [0.1, 0.15) is 0 Å². The lowest BCUT2D eigenvalue weighted by molar-refractivity contribution is -0.167. The highest BCUT2D eigenvalue weighted by atomic mass is 16.7. The van der Waals surface area contributed by atoms with E-state index in [0.29, 0.717) is 0 Å². The lowest BCUT2D eigenvalue weighted by Gasteiger charge is -2.31. The van der Waals surface area contributed by atoms with Gasteiger partial charge < -0.3 is 9.47 Å². The summed E-state index contributed by atoms with van der Waals surface area (Å²) in [6, 6.07) is 0. The maximum atomic E-state index is 5.63. The van der Waals surface area contributed by atoms with Crippen LogP contribution in [0.1, 0.15) is 32.6 Å². The largest absolute Gasteiger partial charge is 0.348 e. The van der Waals surface area contributed by atoms with Crippen molar-refractivity contribution < 1.29 is 9.47 Å². The van der Waals surface area contributed by atoms with Crippen LogP contribution < -0.4 is 0 Å². The van der Waals surface area contributed by atoms with Gasteiger partial charge in [-0.2, -0.15) is 0 Å². The molecule has 0 aromatic rings. The van der Waals surface area contributed by atoms with E-state index in [2.05, 4.69) is 11.9 Å². The Kier molecular flexibility index (Phi) is 2.65. The smallest absolute Gasteiger partial charge is 0.169 e. The molecule has 3 heteroatoms. The molecule has 2 aliphatic rings. The zero-order valence-electron chi connectivity index (χ0n) is 8.21. The Hall–Kier alpha value is -0.410. The molecule has 1 saturated heterocycles. The quantitative estimate of drug-likeness (QED) is 0.620. The van der Waals surface area contributed by atoms with Crippen molar-refractivity contribution in [2.75, 3.05) is 19.8 Å². The summed E-state index contributed by atoms with van der Waals surface area (Å²) in [6.07, 6.45) is 4.08. The van der Waals surface area contributed by atoms with Crippen molar-refractivity contribution in [3.05, 3.63) is 0 Å². The molecule has 1 aliphatic heterocycles. The molecular formula is C10H17NO2. The fraction of sp³-hybridized carbons (Fsp3) is 0.900. The van der Waals surface area contributed by atoms with Crippen LogP contribution in [-0.4, -0.2) is 31.3 Å². The van der Waals surface area contributed by atoms with Crippen molar-refractivity contribution >= 4 is 5.71 Å². The number of ether oxygens (including phenoxy) is 2. The zero-order chi connectivity index (χ0) is 9.15. The highest BCUT2D eigenvalue weighted by molar-refractivity contribution is 5.85. The first kappa shape index (κ1) is 9.16. The Labute approximate surface area is 79.1 Å². The Balaban J connectivity index is 1.91. The predicted octanol–water partition coefficient (Wildman–Crippen LogP) is 1.76. The number of rotatable bonds is 1. The van der Waals surface area contributed by atoms with Crippen LogP contribution in [0.5, 0.6) is 0 Å². The molecule has 13 heavy (non-hydrogen) atoms. The van der Waals surface area contributed by atoms with Gasteiger partial charge in [-0.05, 0) is 19.8 Å². The summed E-state index contributed by atoms with van der Waals surface area (Å²) in [4.78, 5) is 4.44. The molecule has 0 aromatic heterocycles. The fourth-order valence-corrected chi connectivity index (χ4v) is 2.09. The summed E-state index contributed by atoms with van der Waals surface area (Å²) in [6.45, 7) is 4.52. The lowest BCUT2D eigenvalue weighted by Crippen LogP contribution is -2.35. The van der Waals surface area contributed by atoms with Gasteiger partial charge in [-0.3, -0.25) is 4.99 Å². The second-order valence-electron chi connectivity index (χ2n) is 3.65. The molecule has 0 bridgehead atoms. The molecule has 1 aliphatic carbocycles. The van der Waals surface area contributed by atoms with Gasteiger partial charge in [-0.1, -0.05) is 0 Å². The predicted molar refractivity (Wildman–Crippen MR) is 51.1 cm³/mol. The van der Waals surface area contributed by atoms with Crippen LogP contribution in [0.4, 0.5) is 0 Å². The van der Waals surface area contributed by atoms with Crippen LogP contribution in [0.3, 0.4) is 0 Å². The maximum Gasteiger partial charge on any atom is 0.169 e. The van der Waals surface area contributed by atoms with E-state index in [9.17, 15) is 0 Å². The SMILES string of the molecule is CCN=C1CCC2(CC1)OCCO2. The summed E-state index contributed by atoms with van der Waals surface area (Å²) in [5, 5.41) is 0. The number of nitrogens with zero attached hydrogens (tertiary/aromatic N) is 1. The van der Waals surface area contributed by atoms with Gasteiger partial charge in [-0.25, -0.2) is 0 Å². The van der Waals surface area contributed by atoms with Gasteiger partial charge in [-0.15, -0.1) is 0 Å². The molecule has 0 unspecified atom stereocenters. The minimum atomic E-state index is -0.229. The van der Waals surface area contributed by atoms with Crippen LogP contribution in [0.15, 0.2) is 4.99 Å². The van der Waals surface area contributed by atoms with Crippen LogP contribution in [-0.2, 0) is 9.47 Å². The Morgan fingerprint density at radius 3 is 2.38 bits per heavy atom. The highest BCUT2D eigenvalue weighted by Crippen LogP contribution is 2.34. The first-order valence-corrected chi connectivity index (χ1v) is 5.15. The van der Waals surface area contributed by atoms with Crippen molar-refractivity contribution in [1.29, 1.82) is 0 Å². The van der Waals surface area contributed by atoms with E-state index in [4.69, 9.17) is 9.47 Å². The van der Waals surface area contributed by atoms with Gasteiger partial charge in [0, 0.05) is 25.1 Å². The number of hydrogen-bond acceptors (Lipinski definition) is 3. The van der Waals surface area contributed by atoms with Crippen LogP contribution in [0, 0.1) is 0 Å². The van der Waals surface area contributed by atoms with Gasteiger partial charge >= 0.3 is 0 Å². The Morgan fingerprint density at radius 2 is 1.85 bits per heavy atom. The summed E-state index contributed by atoms with van der Waals surface area (Å²) < 4.78 is 11.3. The van der Waals surface area contributed by atoms with Gasteiger partial charge in [0.15, 0.2) is 5.79 Å². The molecule has 2 fully saturated rings. The molecule has 0 radical (unpaired) electrons. The van der Waals surface area contributed by atoms with E-state index in [1.165, 1.54) is 5.71 Å². The molecule has 0 N–H and O–H groups in total. The number of aliphatic imine (C=N–C) groups is 1. The molecule has 3 nitrogen and oxygen atoms in total. The van der Waals surface area contributed by atoms with Crippen molar-refractivity contribution in [1.82, 2.24) is 0 Å². The minimum Gasteiger partial charge on any atom is -0.348 e. The average Bonchev–Trinajstić information content (AvgIpc) is 2.59. The van der Waals surface area contributed by atoms with Gasteiger partial charge in [0.05, 0.1) is 13.2 Å². The standard InChI is InChI=1S/C10H17NO2/c1-2-11-9-3-5-10(6-4-9)12-7-8-13-10/h2-8H2,1H3. The average molecular weight is 183 g/mol. The second kappa shape index (κ2) is 3.76. The van der Waals surface area contributed by atoms with E-state index < -0.39 is 0 Å². The van der Waals surface area contributed by atoms with Gasteiger partial charge in [0.2, 0.25) is 0 Å². The second-order valence-corrected chi connectivity index (χ2v) is 3.65. The molecule has 1 spiro atoms. The van der Waals surface area contributed by atoms with Crippen molar-refractivity contribution in [2.24, 2.45) is 4.99 Å².